The smallest absolute Gasteiger partial charge is 0.251 e. The first-order valence-corrected chi connectivity index (χ1v) is 13.0. The molecule has 3 aromatic heterocycles. The second kappa shape index (κ2) is 10.9. The molecule has 188 valence electrons. The molecule has 9 heteroatoms. The third-order valence-corrected chi connectivity index (χ3v) is 7.17. The van der Waals surface area contributed by atoms with Crippen LogP contribution in [-0.2, 0) is 6.42 Å². The number of benzene rings is 2. The fourth-order valence-electron chi connectivity index (χ4n) is 4.37. The number of para-hydroxylation sites is 1. The van der Waals surface area contributed by atoms with Crippen LogP contribution in [0.25, 0.3) is 21.1 Å². The molecule has 4 N–H and O–H groups in total. The van der Waals surface area contributed by atoms with E-state index in [4.69, 9.17) is 5.11 Å². The van der Waals surface area contributed by atoms with Gasteiger partial charge in [-0.15, -0.1) is 11.3 Å². The fraction of sp³-hybridized carbons (Fsp3) is 0.214. The van der Waals surface area contributed by atoms with Crippen LogP contribution in [0.15, 0.2) is 66.0 Å². The van der Waals surface area contributed by atoms with Gasteiger partial charge in [-0.3, -0.25) is 10.2 Å². The Morgan fingerprint density at radius 1 is 1.14 bits per heavy atom. The molecular weight excluding hydrogens is 484 g/mol. The highest BCUT2D eigenvalue weighted by Crippen LogP contribution is 2.31. The highest BCUT2D eigenvalue weighted by atomic mass is 32.1. The molecule has 3 heterocycles. The number of hydrazone groups is 1. The lowest BCUT2D eigenvalue weighted by Gasteiger charge is -2.08. The number of amides is 1. The Morgan fingerprint density at radius 3 is 2.78 bits per heavy atom. The fourth-order valence-corrected chi connectivity index (χ4v) is 5.39. The van der Waals surface area contributed by atoms with Gasteiger partial charge >= 0.3 is 0 Å². The number of thiophene rings is 1. The van der Waals surface area contributed by atoms with E-state index in [2.05, 4.69) is 56.8 Å². The van der Waals surface area contributed by atoms with Crippen molar-refractivity contribution in [3.63, 3.8) is 0 Å². The lowest BCUT2D eigenvalue weighted by atomic mass is 10.0. The second-order valence-electron chi connectivity index (χ2n) is 8.99. The Hall–Kier alpha value is -4.08. The Balaban J connectivity index is 1.40. The minimum atomic E-state index is -0.194. The van der Waals surface area contributed by atoms with Gasteiger partial charge in [-0.1, -0.05) is 50.2 Å². The number of nitrogens with zero attached hydrogens (tertiary/aromatic N) is 3. The third-order valence-electron chi connectivity index (χ3n) is 6.12. The molecule has 0 spiro atoms. The van der Waals surface area contributed by atoms with E-state index < -0.39 is 0 Å². The van der Waals surface area contributed by atoms with E-state index in [1.54, 1.807) is 17.4 Å². The molecule has 0 unspecified atom stereocenters. The Labute approximate surface area is 218 Å². The zero-order valence-electron chi connectivity index (χ0n) is 20.7. The number of aliphatic hydroxyl groups excluding tert-OH is 1. The molecule has 0 atom stereocenters. The van der Waals surface area contributed by atoms with Crippen LogP contribution < -0.4 is 10.7 Å². The van der Waals surface area contributed by atoms with E-state index in [0.717, 1.165) is 42.8 Å². The van der Waals surface area contributed by atoms with E-state index in [9.17, 15) is 4.79 Å². The lowest BCUT2D eigenvalue weighted by molar-refractivity contribution is 0.0944. The number of fused-ring (bicyclic) bond motifs is 2. The summed E-state index contributed by atoms with van der Waals surface area (Å²) in [6.07, 6.45) is 3.96. The second-order valence-corrected chi connectivity index (χ2v) is 10.1. The number of aromatic nitrogens is 3. The van der Waals surface area contributed by atoms with Crippen molar-refractivity contribution < 1.29 is 9.90 Å². The van der Waals surface area contributed by atoms with E-state index >= 15 is 0 Å². The van der Waals surface area contributed by atoms with Crippen LogP contribution in [0, 0.1) is 0 Å². The molecule has 1 amide bonds. The number of carbonyl (C=O) groups is 1. The molecule has 5 aromatic rings. The van der Waals surface area contributed by atoms with Crippen molar-refractivity contribution in [3.05, 3.63) is 88.2 Å². The summed E-state index contributed by atoms with van der Waals surface area (Å²) in [5, 5.41) is 18.3. The van der Waals surface area contributed by atoms with Gasteiger partial charge in [0.25, 0.3) is 5.91 Å². The van der Waals surface area contributed by atoms with E-state index in [1.165, 1.54) is 6.33 Å². The predicted octanol–water partition coefficient (Wildman–Crippen LogP) is 5.05. The molecule has 0 saturated carbocycles. The van der Waals surface area contributed by atoms with Crippen LogP contribution in [0.2, 0.25) is 0 Å². The van der Waals surface area contributed by atoms with Gasteiger partial charge in [0.05, 0.1) is 18.2 Å². The summed E-state index contributed by atoms with van der Waals surface area (Å²) in [7, 11) is 0. The molecule has 0 radical (unpaired) electrons. The molecular formula is C28H28N6O2S. The Kier molecular flexibility index (Phi) is 7.25. The number of aliphatic hydroxyl groups is 1. The highest BCUT2D eigenvalue weighted by molar-refractivity contribution is 7.18. The van der Waals surface area contributed by atoms with Crippen molar-refractivity contribution in [2.24, 2.45) is 5.10 Å². The van der Waals surface area contributed by atoms with Gasteiger partial charge in [-0.2, -0.15) is 5.10 Å². The molecule has 0 aliphatic heterocycles. The van der Waals surface area contributed by atoms with Crippen molar-refractivity contribution in [3.8, 4) is 0 Å². The maximum Gasteiger partial charge on any atom is 0.251 e. The van der Waals surface area contributed by atoms with E-state index in [1.807, 2.05) is 42.6 Å². The summed E-state index contributed by atoms with van der Waals surface area (Å²) < 4.78 is 0. The van der Waals surface area contributed by atoms with Crippen LogP contribution in [0.1, 0.15) is 51.8 Å². The topological polar surface area (TPSA) is 115 Å². The Bertz CT molecular complexity index is 1590. The van der Waals surface area contributed by atoms with Gasteiger partial charge in [-0.05, 0) is 29.7 Å². The maximum atomic E-state index is 12.5. The van der Waals surface area contributed by atoms with E-state index in [-0.39, 0.29) is 19.1 Å². The van der Waals surface area contributed by atoms with Gasteiger partial charge in [0.15, 0.2) is 5.82 Å². The summed E-state index contributed by atoms with van der Waals surface area (Å²) in [5.41, 5.74) is 7.90. The Morgan fingerprint density at radius 2 is 1.95 bits per heavy atom. The largest absolute Gasteiger partial charge is 0.395 e. The molecule has 0 aliphatic rings. The summed E-state index contributed by atoms with van der Waals surface area (Å²) in [4.78, 5) is 26.8. The first-order valence-electron chi connectivity index (χ1n) is 12.1. The van der Waals surface area contributed by atoms with Gasteiger partial charge < -0.3 is 15.4 Å². The summed E-state index contributed by atoms with van der Waals surface area (Å²) >= 11 is 1.56. The lowest BCUT2D eigenvalue weighted by Crippen LogP contribution is -2.27. The normalized spacial score (nSPS) is 11.7. The monoisotopic (exact) mass is 512 g/mol. The van der Waals surface area contributed by atoms with Crippen LogP contribution >= 0.6 is 11.3 Å². The molecule has 0 aliphatic carbocycles. The van der Waals surface area contributed by atoms with Crippen LogP contribution in [0.4, 0.5) is 5.82 Å². The minimum absolute atomic E-state index is 0.0970. The van der Waals surface area contributed by atoms with Crippen molar-refractivity contribution in [1.29, 1.82) is 0 Å². The van der Waals surface area contributed by atoms with Crippen molar-refractivity contribution in [1.82, 2.24) is 20.3 Å². The number of rotatable bonds is 9. The number of H-pyrrole nitrogens is 1. The number of hydrogen-bond donors (Lipinski definition) is 4. The summed E-state index contributed by atoms with van der Waals surface area (Å²) in [6.45, 7) is 4.44. The number of aromatic amines is 1. The predicted molar refractivity (Wildman–Crippen MR) is 150 cm³/mol. The van der Waals surface area contributed by atoms with Gasteiger partial charge in [0.2, 0.25) is 0 Å². The molecule has 0 bridgehead atoms. The minimum Gasteiger partial charge on any atom is -0.395 e. The molecule has 5 rings (SSSR count). The van der Waals surface area contributed by atoms with Gasteiger partial charge in [0.1, 0.15) is 11.2 Å². The van der Waals surface area contributed by atoms with Crippen molar-refractivity contribution in [2.45, 2.75) is 26.2 Å². The van der Waals surface area contributed by atoms with Crippen molar-refractivity contribution >= 4 is 50.4 Å². The standard InChI is InChI=1S/C28H28N6O2S/c1-17(2)25-23(21-9-5-6-10-24(21)33-25)15-32-34-26-22-14-19(37-28(22)31-16-30-26)13-18-7-3-4-8-20(18)27(36)29-11-12-35/h3-10,14-17,33,35H,11-13H2,1-2H3,(H,29,36)(H,30,31,34)/b32-15+. The highest BCUT2D eigenvalue weighted by Gasteiger charge is 2.15. The number of carbonyl (C=O) groups excluding carboxylic acids is 1. The van der Waals surface area contributed by atoms with Crippen LogP contribution in [-0.4, -0.2) is 45.3 Å². The van der Waals surface area contributed by atoms with Crippen LogP contribution in [0.5, 0.6) is 0 Å². The third kappa shape index (κ3) is 5.23. The zero-order valence-corrected chi connectivity index (χ0v) is 21.5. The van der Waals surface area contributed by atoms with Crippen LogP contribution in [0.3, 0.4) is 0 Å². The first-order chi connectivity index (χ1) is 18.0. The molecule has 0 saturated heterocycles. The first kappa shape index (κ1) is 24.6. The summed E-state index contributed by atoms with van der Waals surface area (Å²) in [6, 6.07) is 17.8. The molecule has 0 fully saturated rings. The average Bonchev–Trinajstić information content (AvgIpc) is 3.49. The molecule has 2 aromatic carbocycles. The van der Waals surface area contributed by atoms with Crippen molar-refractivity contribution in [2.75, 3.05) is 18.6 Å². The molecule has 37 heavy (non-hydrogen) atoms. The number of anilines is 1. The quantitative estimate of drug-likeness (QED) is 0.163. The number of hydrogen-bond acceptors (Lipinski definition) is 7. The van der Waals surface area contributed by atoms with E-state index in [0.29, 0.717) is 23.7 Å². The summed E-state index contributed by atoms with van der Waals surface area (Å²) in [5.74, 6) is 0.761. The SMILES string of the molecule is CC(C)c1[nH]c2ccccc2c1/C=N/Nc1ncnc2sc(Cc3ccccc3C(=O)NCCO)cc12. The maximum absolute atomic E-state index is 12.5. The van der Waals surface area contributed by atoms with Gasteiger partial charge in [-0.25, -0.2) is 9.97 Å². The average molecular weight is 513 g/mol. The van der Waals surface area contributed by atoms with Gasteiger partial charge in [0, 0.05) is 45.6 Å². The number of nitrogens with one attached hydrogen (secondary N) is 3. The molecule has 8 nitrogen and oxygen atoms in total. The zero-order chi connectivity index (χ0) is 25.8.